The fraction of sp³-hybridized carbons (Fsp3) is 0.500. The third kappa shape index (κ3) is 2.27. The molecule has 0 atom stereocenters. The van der Waals surface area contributed by atoms with E-state index in [2.05, 4.69) is 21.2 Å². The summed E-state index contributed by atoms with van der Waals surface area (Å²) < 4.78 is 2.04. The van der Waals surface area contributed by atoms with Crippen molar-refractivity contribution in [2.75, 3.05) is 17.7 Å². The van der Waals surface area contributed by atoms with Gasteiger partial charge in [-0.25, -0.2) is 15.0 Å². The molecule has 2 aromatic rings. The molecule has 0 radical (unpaired) electrons. The second-order valence-electron chi connectivity index (χ2n) is 3.57. The molecule has 5 nitrogen and oxygen atoms in total. The average Bonchev–Trinajstić information content (AvgIpc) is 2.70. The molecule has 0 saturated carbocycles. The topological polar surface area (TPSA) is 69.6 Å². The molecular weight excluding hydrogens is 222 g/mol. The molecule has 0 saturated heterocycles. The molecule has 2 N–H and O–H groups in total. The third-order valence-electron chi connectivity index (χ3n) is 2.43. The van der Waals surface area contributed by atoms with Crippen molar-refractivity contribution in [3.63, 3.8) is 0 Å². The van der Waals surface area contributed by atoms with Crippen molar-refractivity contribution < 1.29 is 0 Å². The van der Waals surface area contributed by atoms with Crippen molar-refractivity contribution >= 4 is 28.7 Å². The number of nitrogen functional groups attached to an aromatic ring is 1. The van der Waals surface area contributed by atoms with Gasteiger partial charge in [0.05, 0.1) is 6.33 Å². The first-order valence-electron chi connectivity index (χ1n) is 5.23. The predicted molar refractivity (Wildman–Crippen MR) is 67.4 cm³/mol. The van der Waals surface area contributed by atoms with Crippen LogP contribution in [0.2, 0.25) is 0 Å². The maximum Gasteiger partial charge on any atom is 0.165 e. The Morgan fingerprint density at radius 3 is 3.00 bits per heavy atom. The summed E-state index contributed by atoms with van der Waals surface area (Å²) in [6, 6.07) is 0. The highest BCUT2D eigenvalue weighted by Crippen LogP contribution is 2.14. The van der Waals surface area contributed by atoms with Gasteiger partial charge in [0.2, 0.25) is 0 Å². The van der Waals surface area contributed by atoms with Crippen LogP contribution in [0.15, 0.2) is 12.7 Å². The zero-order chi connectivity index (χ0) is 11.4. The van der Waals surface area contributed by atoms with Crippen LogP contribution in [0.1, 0.15) is 12.8 Å². The van der Waals surface area contributed by atoms with Crippen LogP contribution >= 0.6 is 11.8 Å². The maximum absolute atomic E-state index is 5.72. The van der Waals surface area contributed by atoms with Crippen LogP contribution in [-0.4, -0.2) is 31.5 Å². The molecule has 0 fully saturated rings. The summed E-state index contributed by atoms with van der Waals surface area (Å²) in [4.78, 5) is 12.3. The van der Waals surface area contributed by atoms with E-state index >= 15 is 0 Å². The van der Waals surface area contributed by atoms with Gasteiger partial charge in [-0.1, -0.05) is 0 Å². The minimum atomic E-state index is 0.452. The summed E-state index contributed by atoms with van der Waals surface area (Å²) in [5.74, 6) is 1.65. The predicted octanol–water partition coefficient (Wildman–Crippen LogP) is 1.55. The van der Waals surface area contributed by atoms with Crippen molar-refractivity contribution in [1.29, 1.82) is 0 Å². The second kappa shape index (κ2) is 5.16. The number of rotatable bonds is 5. The molecular formula is C10H15N5S. The Kier molecular flexibility index (Phi) is 3.61. The Hall–Kier alpha value is -1.30. The maximum atomic E-state index is 5.72. The van der Waals surface area contributed by atoms with Crippen LogP contribution in [0.4, 0.5) is 5.82 Å². The summed E-state index contributed by atoms with van der Waals surface area (Å²) in [7, 11) is 0. The van der Waals surface area contributed by atoms with E-state index < -0.39 is 0 Å². The fourth-order valence-electron chi connectivity index (χ4n) is 1.59. The minimum absolute atomic E-state index is 0.452. The fourth-order valence-corrected chi connectivity index (χ4v) is 2.08. The molecule has 2 heterocycles. The van der Waals surface area contributed by atoms with E-state index in [-0.39, 0.29) is 0 Å². The van der Waals surface area contributed by atoms with Gasteiger partial charge < -0.3 is 10.3 Å². The van der Waals surface area contributed by atoms with Crippen LogP contribution in [-0.2, 0) is 6.54 Å². The zero-order valence-corrected chi connectivity index (χ0v) is 10.1. The quantitative estimate of drug-likeness (QED) is 0.799. The largest absolute Gasteiger partial charge is 0.382 e. The molecule has 0 aliphatic carbocycles. The van der Waals surface area contributed by atoms with Crippen LogP contribution in [0.25, 0.3) is 11.2 Å². The Bertz CT molecular complexity index is 467. The van der Waals surface area contributed by atoms with Crippen LogP contribution < -0.4 is 5.73 Å². The van der Waals surface area contributed by atoms with E-state index in [9.17, 15) is 0 Å². The molecule has 0 unspecified atom stereocenters. The van der Waals surface area contributed by atoms with E-state index in [1.165, 1.54) is 18.5 Å². The van der Waals surface area contributed by atoms with Crippen molar-refractivity contribution in [3.05, 3.63) is 12.7 Å². The van der Waals surface area contributed by atoms with Gasteiger partial charge in [-0.05, 0) is 24.9 Å². The van der Waals surface area contributed by atoms with E-state index in [1.807, 2.05) is 16.3 Å². The molecule has 0 spiro atoms. The first kappa shape index (κ1) is 11.2. The molecule has 2 rings (SSSR count). The number of aromatic nitrogens is 4. The highest BCUT2D eigenvalue weighted by atomic mass is 32.2. The highest BCUT2D eigenvalue weighted by Gasteiger charge is 2.06. The number of fused-ring (bicyclic) bond motifs is 1. The molecule has 0 aromatic carbocycles. The summed E-state index contributed by atoms with van der Waals surface area (Å²) >= 11 is 1.87. The Balaban J connectivity index is 2.10. The van der Waals surface area contributed by atoms with Crippen LogP contribution in [0.3, 0.4) is 0 Å². The van der Waals surface area contributed by atoms with Gasteiger partial charge in [0.1, 0.15) is 11.8 Å². The minimum Gasteiger partial charge on any atom is -0.382 e. The third-order valence-corrected chi connectivity index (χ3v) is 3.12. The molecule has 0 bridgehead atoms. The summed E-state index contributed by atoms with van der Waals surface area (Å²) in [5, 5.41) is 0. The lowest BCUT2D eigenvalue weighted by molar-refractivity contribution is 0.645. The van der Waals surface area contributed by atoms with Gasteiger partial charge in [-0.3, -0.25) is 0 Å². The van der Waals surface area contributed by atoms with E-state index in [0.29, 0.717) is 11.3 Å². The Morgan fingerprint density at radius 2 is 2.19 bits per heavy atom. The van der Waals surface area contributed by atoms with E-state index in [1.54, 1.807) is 6.33 Å². The highest BCUT2D eigenvalue weighted by molar-refractivity contribution is 7.98. The number of imidazole rings is 1. The van der Waals surface area contributed by atoms with Crippen molar-refractivity contribution in [2.45, 2.75) is 19.4 Å². The molecule has 2 aromatic heterocycles. The Labute approximate surface area is 98.5 Å². The SMILES string of the molecule is CSCCCCn1cnc2c(N)ncnc21. The second-order valence-corrected chi connectivity index (χ2v) is 4.55. The van der Waals surface area contributed by atoms with Gasteiger partial charge in [0, 0.05) is 6.54 Å². The lowest BCUT2D eigenvalue weighted by Crippen LogP contribution is -1.99. The normalized spacial score (nSPS) is 11.1. The summed E-state index contributed by atoms with van der Waals surface area (Å²) in [5.41, 5.74) is 7.25. The number of hydrogen-bond donors (Lipinski definition) is 1. The van der Waals surface area contributed by atoms with Crippen molar-refractivity contribution in [1.82, 2.24) is 19.5 Å². The standard InChI is InChI=1S/C10H15N5S/c1-16-5-3-2-4-15-7-14-8-9(11)12-6-13-10(8)15/h6-7H,2-5H2,1H3,(H2,11,12,13). The van der Waals surface area contributed by atoms with Crippen LogP contribution in [0.5, 0.6) is 0 Å². The summed E-state index contributed by atoms with van der Waals surface area (Å²) in [6.07, 6.45) is 7.74. The number of nitrogens with two attached hydrogens (primary N) is 1. The first-order valence-corrected chi connectivity index (χ1v) is 6.62. The molecule has 16 heavy (non-hydrogen) atoms. The number of nitrogens with zero attached hydrogens (tertiary/aromatic N) is 4. The van der Waals surface area contributed by atoms with Crippen molar-refractivity contribution in [2.24, 2.45) is 0 Å². The number of hydrogen-bond acceptors (Lipinski definition) is 5. The first-order chi connectivity index (χ1) is 7.83. The number of unbranched alkanes of at least 4 members (excludes halogenated alkanes) is 1. The van der Waals surface area contributed by atoms with E-state index in [0.717, 1.165) is 18.6 Å². The molecule has 0 aliphatic heterocycles. The van der Waals surface area contributed by atoms with Gasteiger partial charge in [0.15, 0.2) is 11.5 Å². The average molecular weight is 237 g/mol. The number of anilines is 1. The van der Waals surface area contributed by atoms with Gasteiger partial charge in [-0.15, -0.1) is 0 Å². The zero-order valence-electron chi connectivity index (χ0n) is 9.26. The summed E-state index contributed by atoms with van der Waals surface area (Å²) in [6.45, 7) is 0.938. The number of aryl methyl sites for hydroxylation is 1. The van der Waals surface area contributed by atoms with Gasteiger partial charge in [0.25, 0.3) is 0 Å². The number of thioether (sulfide) groups is 1. The van der Waals surface area contributed by atoms with Crippen molar-refractivity contribution in [3.8, 4) is 0 Å². The Morgan fingerprint density at radius 1 is 1.31 bits per heavy atom. The molecule has 86 valence electrons. The van der Waals surface area contributed by atoms with Crippen LogP contribution in [0, 0.1) is 0 Å². The monoisotopic (exact) mass is 237 g/mol. The molecule has 0 aliphatic rings. The molecule has 0 amide bonds. The smallest absolute Gasteiger partial charge is 0.165 e. The van der Waals surface area contributed by atoms with E-state index in [4.69, 9.17) is 5.73 Å². The van der Waals surface area contributed by atoms with Gasteiger partial charge in [-0.2, -0.15) is 11.8 Å². The molecule has 6 heteroatoms. The van der Waals surface area contributed by atoms with Gasteiger partial charge >= 0.3 is 0 Å². The lowest BCUT2D eigenvalue weighted by atomic mass is 10.3. The lowest BCUT2D eigenvalue weighted by Gasteiger charge is -2.02.